The van der Waals surface area contributed by atoms with Crippen LogP contribution in [-0.2, 0) is 11.3 Å². The molecule has 7 nitrogen and oxygen atoms in total. The van der Waals surface area contributed by atoms with Crippen LogP contribution >= 0.6 is 11.8 Å². The summed E-state index contributed by atoms with van der Waals surface area (Å²) in [5.74, 6) is -0.105. The number of hydrogen-bond donors (Lipinski definition) is 2. The summed E-state index contributed by atoms with van der Waals surface area (Å²) in [7, 11) is 0. The number of benzene rings is 2. The minimum atomic E-state index is -0.718. The van der Waals surface area contributed by atoms with Crippen LogP contribution in [0.1, 0.15) is 27.9 Å². The first-order valence-electron chi connectivity index (χ1n) is 8.78. The van der Waals surface area contributed by atoms with Crippen molar-refractivity contribution in [3.05, 3.63) is 75.3 Å². The number of rotatable bonds is 9. The van der Waals surface area contributed by atoms with E-state index in [1.54, 1.807) is 11.8 Å². The van der Waals surface area contributed by atoms with E-state index in [9.17, 15) is 19.7 Å². The summed E-state index contributed by atoms with van der Waals surface area (Å²) >= 11 is 1.57. The average molecular weight is 401 g/mol. The zero-order valence-corrected chi connectivity index (χ0v) is 16.6. The number of carbonyl (C=O) groups excluding carboxylic acids is 2. The maximum atomic E-state index is 12.6. The quantitative estimate of drug-likeness (QED) is 0.497. The number of nitro groups is 1. The summed E-state index contributed by atoms with van der Waals surface area (Å²) in [4.78, 5) is 35.4. The number of nitrogens with zero attached hydrogens (tertiary/aromatic N) is 1. The first-order chi connectivity index (χ1) is 13.4. The molecule has 2 aromatic rings. The molecule has 0 aromatic heterocycles. The second kappa shape index (κ2) is 10.5. The van der Waals surface area contributed by atoms with Gasteiger partial charge in [0.1, 0.15) is 6.04 Å². The summed E-state index contributed by atoms with van der Waals surface area (Å²) in [5.41, 5.74) is 2.08. The lowest BCUT2D eigenvalue weighted by atomic mass is 10.1. The number of aryl methyl sites for hydroxylation is 1. The van der Waals surface area contributed by atoms with Crippen molar-refractivity contribution in [2.75, 3.05) is 12.0 Å². The third-order valence-electron chi connectivity index (χ3n) is 4.14. The second-order valence-electron chi connectivity index (χ2n) is 6.32. The fourth-order valence-electron chi connectivity index (χ4n) is 2.53. The highest BCUT2D eigenvalue weighted by Crippen LogP contribution is 2.13. The predicted molar refractivity (Wildman–Crippen MR) is 110 cm³/mol. The number of nitro benzene ring substituents is 1. The highest BCUT2D eigenvalue weighted by Gasteiger charge is 2.22. The lowest BCUT2D eigenvalue weighted by molar-refractivity contribution is -0.384. The topological polar surface area (TPSA) is 101 Å². The van der Waals surface area contributed by atoms with Gasteiger partial charge in [0.15, 0.2) is 0 Å². The van der Waals surface area contributed by atoms with Gasteiger partial charge >= 0.3 is 0 Å². The third kappa shape index (κ3) is 6.38. The van der Waals surface area contributed by atoms with Crippen molar-refractivity contribution in [2.24, 2.45) is 0 Å². The molecule has 148 valence electrons. The molecular formula is C20H23N3O4S. The van der Waals surface area contributed by atoms with Gasteiger partial charge in [0.2, 0.25) is 5.91 Å². The summed E-state index contributed by atoms with van der Waals surface area (Å²) < 4.78 is 0. The molecule has 0 bridgehead atoms. The Balaban J connectivity index is 2.03. The van der Waals surface area contributed by atoms with E-state index in [4.69, 9.17) is 0 Å². The summed E-state index contributed by atoms with van der Waals surface area (Å²) in [6, 6.07) is 12.5. The zero-order valence-electron chi connectivity index (χ0n) is 15.8. The van der Waals surface area contributed by atoms with Gasteiger partial charge in [-0.1, -0.05) is 35.9 Å². The highest BCUT2D eigenvalue weighted by molar-refractivity contribution is 7.98. The first kappa shape index (κ1) is 21.4. The van der Waals surface area contributed by atoms with E-state index >= 15 is 0 Å². The Morgan fingerprint density at radius 1 is 1.18 bits per heavy atom. The van der Waals surface area contributed by atoms with Crippen LogP contribution in [0.4, 0.5) is 5.69 Å². The molecule has 0 saturated carbocycles. The molecule has 0 fully saturated rings. The van der Waals surface area contributed by atoms with E-state index in [0.717, 1.165) is 11.1 Å². The van der Waals surface area contributed by atoms with Crippen LogP contribution in [0.15, 0.2) is 48.5 Å². The summed E-state index contributed by atoms with van der Waals surface area (Å²) in [6.45, 7) is 2.35. The van der Waals surface area contributed by atoms with Gasteiger partial charge in [-0.2, -0.15) is 11.8 Å². The smallest absolute Gasteiger partial charge is 0.270 e. The molecule has 0 aliphatic rings. The van der Waals surface area contributed by atoms with Crippen molar-refractivity contribution >= 4 is 29.3 Å². The lowest BCUT2D eigenvalue weighted by Crippen LogP contribution is -2.46. The molecule has 1 atom stereocenters. The monoisotopic (exact) mass is 401 g/mol. The van der Waals surface area contributed by atoms with Gasteiger partial charge in [-0.3, -0.25) is 19.7 Å². The Labute approximate surface area is 168 Å². The Morgan fingerprint density at radius 3 is 2.54 bits per heavy atom. The standard InChI is InChI=1S/C20H23N3O4S/c1-14-6-8-15(9-7-14)13-21-20(25)18(10-11-28-2)22-19(24)16-4-3-5-17(12-16)23(26)27/h3-9,12,18H,10-11,13H2,1-2H3,(H,21,25)(H,22,24)/t18-/m0/s1. The van der Waals surface area contributed by atoms with Crippen molar-refractivity contribution < 1.29 is 14.5 Å². The largest absolute Gasteiger partial charge is 0.350 e. The van der Waals surface area contributed by atoms with Gasteiger partial charge in [0.05, 0.1) is 4.92 Å². The van der Waals surface area contributed by atoms with Gasteiger partial charge in [-0.05, 0) is 37.0 Å². The van der Waals surface area contributed by atoms with Gasteiger partial charge < -0.3 is 10.6 Å². The third-order valence-corrected chi connectivity index (χ3v) is 4.78. The van der Waals surface area contributed by atoms with Gasteiger partial charge in [0, 0.05) is 24.2 Å². The zero-order chi connectivity index (χ0) is 20.5. The number of nitrogens with one attached hydrogen (secondary N) is 2. The predicted octanol–water partition coefficient (Wildman–Crippen LogP) is 3.07. The van der Waals surface area contributed by atoms with Gasteiger partial charge in [-0.15, -0.1) is 0 Å². The average Bonchev–Trinajstić information content (AvgIpc) is 2.70. The fourth-order valence-corrected chi connectivity index (χ4v) is 3.00. The van der Waals surface area contributed by atoms with E-state index < -0.39 is 16.9 Å². The maximum absolute atomic E-state index is 12.6. The van der Waals surface area contributed by atoms with Gasteiger partial charge in [-0.25, -0.2) is 0 Å². The van der Waals surface area contributed by atoms with E-state index in [2.05, 4.69) is 10.6 Å². The molecule has 2 amide bonds. The van der Waals surface area contributed by atoms with Crippen LogP contribution in [-0.4, -0.2) is 34.8 Å². The highest BCUT2D eigenvalue weighted by atomic mass is 32.2. The van der Waals surface area contributed by atoms with Crippen molar-refractivity contribution in [3.8, 4) is 0 Å². The number of non-ortho nitro benzene ring substituents is 1. The molecule has 28 heavy (non-hydrogen) atoms. The van der Waals surface area contributed by atoms with Crippen LogP contribution in [0.3, 0.4) is 0 Å². The van der Waals surface area contributed by atoms with Crippen molar-refractivity contribution in [1.29, 1.82) is 0 Å². The molecule has 0 spiro atoms. The Hall–Kier alpha value is -2.87. The minimum Gasteiger partial charge on any atom is -0.350 e. The molecule has 0 aliphatic heterocycles. The normalized spacial score (nSPS) is 11.5. The van der Waals surface area contributed by atoms with Crippen LogP contribution in [0.25, 0.3) is 0 Å². The van der Waals surface area contributed by atoms with E-state index in [0.29, 0.717) is 18.7 Å². The van der Waals surface area contributed by atoms with Crippen molar-refractivity contribution in [3.63, 3.8) is 0 Å². The fraction of sp³-hybridized carbons (Fsp3) is 0.300. The van der Waals surface area contributed by atoms with Crippen molar-refractivity contribution in [1.82, 2.24) is 10.6 Å². The second-order valence-corrected chi connectivity index (χ2v) is 7.30. The Bertz CT molecular complexity index is 840. The lowest BCUT2D eigenvalue weighted by Gasteiger charge is -2.18. The summed E-state index contributed by atoms with van der Waals surface area (Å²) in [5, 5.41) is 16.4. The minimum absolute atomic E-state index is 0.148. The number of thioether (sulfide) groups is 1. The van der Waals surface area contributed by atoms with E-state index in [1.807, 2.05) is 37.4 Å². The summed E-state index contributed by atoms with van der Waals surface area (Å²) in [6.07, 6.45) is 2.38. The molecule has 2 N–H and O–H groups in total. The molecule has 0 saturated heterocycles. The Morgan fingerprint density at radius 2 is 1.89 bits per heavy atom. The SMILES string of the molecule is CSCC[C@H](NC(=O)c1cccc([N+](=O)[O-])c1)C(=O)NCc1ccc(C)cc1. The van der Waals surface area contributed by atoms with E-state index in [-0.39, 0.29) is 17.2 Å². The van der Waals surface area contributed by atoms with Crippen molar-refractivity contribution in [2.45, 2.75) is 25.9 Å². The molecule has 8 heteroatoms. The van der Waals surface area contributed by atoms with Crippen LogP contribution in [0.2, 0.25) is 0 Å². The van der Waals surface area contributed by atoms with Gasteiger partial charge in [0.25, 0.3) is 11.6 Å². The maximum Gasteiger partial charge on any atom is 0.270 e. The molecular weight excluding hydrogens is 378 g/mol. The first-order valence-corrected chi connectivity index (χ1v) is 10.2. The molecule has 0 aliphatic carbocycles. The van der Waals surface area contributed by atoms with Crippen LogP contribution in [0, 0.1) is 17.0 Å². The molecule has 0 radical (unpaired) electrons. The number of hydrogen-bond acceptors (Lipinski definition) is 5. The molecule has 0 heterocycles. The van der Waals surface area contributed by atoms with Crippen LogP contribution < -0.4 is 10.6 Å². The van der Waals surface area contributed by atoms with E-state index in [1.165, 1.54) is 24.3 Å². The van der Waals surface area contributed by atoms with Crippen LogP contribution in [0.5, 0.6) is 0 Å². The molecule has 2 aromatic carbocycles. The number of amides is 2. The molecule has 2 rings (SSSR count). The Kier molecular flexibility index (Phi) is 8.01. The number of carbonyl (C=O) groups is 2. The molecule has 0 unspecified atom stereocenters.